The van der Waals surface area contributed by atoms with Gasteiger partial charge in [-0.25, -0.2) is 4.98 Å². The average Bonchev–Trinajstić information content (AvgIpc) is 2.56. The highest BCUT2D eigenvalue weighted by Crippen LogP contribution is 2.19. The quantitative estimate of drug-likeness (QED) is 0.889. The van der Waals surface area contributed by atoms with Crippen molar-refractivity contribution in [3.63, 3.8) is 0 Å². The Balaban J connectivity index is 2.07. The van der Waals surface area contributed by atoms with Crippen LogP contribution in [0, 0.1) is 0 Å². The summed E-state index contributed by atoms with van der Waals surface area (Å²) in [7, 11) is 1.51. The van der Waals surface area contributed by atoms with Crippen molar-refractivity contribution >= 4 is 23.3 Å². The third kappa shape index (κ3) is 3.82. The van der Waals surface area contributed by atoms with Gasteiger partial charge in [0, 0.05) is 6.42 Å². The Morgan fingerprint density at radius 1 is 1.14 bits per heavy atom. The van der Waals surface area contributed by atoms with Gasteiger partial charge in [0.1, 0.15) is 11.6 Å². The lowest BCUT2D eigenvalue weighted by Gasteiger charge is -2.09. The molecular formula is C16H17N3O3. The summed E-state index contributed by atoms with van der Waals surface area (Å²) in [5.74, 6) is 0.486. The Kier molecular flexibility index (Phi) is 5.08. The third-order valence-corrected chi connectivity index (χ3v) is 2.96. The average molecular weight is 299 g/mol. The molecule has 1 aromatic heterocycles. The standard InChI is InChI=1S/C16H17N3O3/c1-3-15(20)18-11-8-9-14(17-10-11)19-16(21)12-6-4-5-7-13(12)22-2/h4-10H,3H2,1-2H3,(H,18,20)(H,17,19,21). The Hall–Kier alpha value is -2.89. The van der Waals surface area contributed by atoms with E-state index >= 15 is 0 Å². The zero-order valence-corrected chi connectivity index (χ0v) is 12.4. The van der Waals surface area contributed by atoms with E-state index in [4.69, 9.17) is 4.74 Å². The number of carbonyl (C=O) groups is 2. The summed E-state index contributed by atoms with van der Waals surface area (Å²) in [5.41, 5.74) is 1.01. The smallest absolute Gasteiger partial charge is 0.260 e. The van der Waals surface area contributed by atoms with E-state index in [-0.39, 0.29) is 11.8 Å². The molecule has 0 aliphatic carbocycles. The third-order valence-electron chi connectivity index (χ3n) is 2.96. The summed E-state index contributed by atoms with van der Waals surface area (Å²) in [6.07, 6.45) is 1.89. The molecule has 0 bridgehead atoms. The number of amides is 2. The van der Waals surface area contributed by atoms with E-state index in [1.165, 1.54) is 13.3 Å². The predicted molar refractivity (Wildman–Crippen MR) is 84.1 cm³/mol. The molecular weight excluding hydrogens is 282 g/mol. The zero-order valence-electron chi connectivity index (χ0n) is 12.4. The first-order chi connectivity index (χ1) is 10.6. The number of ether oxygens (including phenoxy) is 1. The second-order valence-corrected chi connectivity index (χ2v) is 4.49. The molecule has 0 aliphatic rings. The van der Waals surface area contributed by atoms with Gasteiger partial charge in [0.05, 0.1) is 24.6 Å². The van der Waals surface area contributed by atoms with Gasteiger partial charge in [-0.2, -0.15) is 0 Å². The molecule has 6 heteroatoms. The van der Waals surface area contributed by atoms with E-state index in [1.807, 2.05) is 0 Å². The van der Waals surface area contributed by atoms with Crippen LogP contribution in [0.25, 0.3) is 0 Å². The summed E-state index contributed by atoms with van der Waals surface area (Å²) < 4.78 is 5.15. The summed E-state index contributed by atoms with van der Waals surface area (Å²) in [4.78, 5) is 27.6. The minimum atomic E-state index is -0.310. The van der Waals surface area contributed by atoms with Crippen LogP contribution in [0.4, 0.5) is 11.5 Å². The van der Waals surface area contributed by atoms with Crippen LogP contribution < -0.4 is 15.4 Å². The molecule has 114 valence electrons. The maximum atomic E-state index is 12.2. The SMILES string of the molecule is CCC(=O)Nc1ccc(NC(=O)c2ccccc2OC)nc1. The fourth-order valence-electron chi connectivity index (χ4n) is 1.81. The van der Waals surface area contributed by atoms with E-state index in [0.717, 1.165) is 0 Å². The van der Waals surface area contributed by atoms with Crippen molar-refractivity contribution in [3.05, 3.63) is 48.2 Å². The lowest BCUT2D eigenvalue weighted by atomic mass is 10.2. The number of pyridine rings is 1. The molecule has 0 aliphatic heterocycles. The monoisotopic (exact) mass is 299 g/mol. The van der Waals surface area contributed by atoms with Gasteiger partial charge in [-0.1, -0.05) is 19.1 Å². The summed E-state index contributed by atoms with van der Waals surface area (Å²) in [6, 6.07) is 10.2. The fraction of sp³-hybridized carbons (Fsp3) is 0.188. The van der Waals surface area contributed by atoms with Crippen LogP contribution >= 0.6 is 0 Å². The minimum absolute atomic E-state index is 0.0902. The first-order valence-electron chi connectivity index (χ1n) is 6.84. The van der Waals surface area contributed by atoms with Crippen molar-refractivity contribution in [2.45, 2.75) is 13.3 Å². The van der Waals surface area contributed by atoms with Gasteiger partial charge in [0.15, 0.2) is 0 Å². The Labute approximate surface area is 128 Å². The molecule has 0 saturated heterocycles. The van der Waals surface area contributed by atoms with Gasteiger partial charge < -0.3 is 15.4 Å². The molecule has 0 saturated carbocycles. The zero-order chi connectivity index (χ0) is 15.9. The van der Waals surface area contributed by atoms with Crippen molar-refractivity contribution in [3.8, 4) is 5.75 Å². The minimum Gasteiger partial charge on any atom is -0.496 e. The van der Waals surface area contributed by atoms with E-state index < -0.39 is 0 Å². The molecule has 2 N–H and O–H groups in total. The van der Waals surface area contributed by atoms with Gasteiger partial charge >= 0.3 is 0 Å². The van der Waals surface area contributed by atoms with E-state index in [0.29, 0.717) is 29.2 Å². The van der Waals surface area contributed by atoms with Crippen LogP contribution in [0.3, 0.4) is 0 Å². The van der Waals surface area contributed by atoms with Crippen molar-refractivity contribution in [2.75, 3.05) is 17.7 Å². The molecule has 0 fully saturated rings. The number of nitrogens with zero attached hydrogens (tertiary/aromatic N) is 1. The molecule has 1 heterocycles. The van der Waals surface area contributed by atoms with E-state index in [9.17, 15) is 9.59 Å². The number of carbonyl (C=O) groups excluding carboxylic acids is 2. The molecule has 0 unspecified atom stereocenters. The maximum Gasteiger partial charge on any atom is 0.260 e. The van der Waals surface area contributed by atoms with Gasteiger partial charge in [-0.05, 0) is 24.3 Å². The van der Waals surface area contributed by atoms with Crippen molar-refractivity contribution in [2.24, 2.45) is 0 Å². The highest BCUT2D eigenvalue weighted by Gasteiger charge is 2.12. The number of aromatic nitrogens is 1. The number of nitrogens with one attached hydrogen (secondary N) is 2. The van der Waals surface area contributed by atoms with Gasteiger partial charge in [-0.15, -0.1) is 0 Å². The molecule has 0 atom stereocenters. The molecule has 0 radical (unpaired) electrons. The van der Waals surface area contributed by atoms with Crippen molar-refractivity contribution in [1.82, 2.24) is 4.98 Å². The first-order valence-corrected chi connectivity index (χ1v) is 6.84. The summed E-state index contributed by atoms with van der Waals surface area (Å²) in [5, 5.41) is 5.37. The largest absolute Gasteiger partial charge is 0.496 e. The van der Waals surface area contributed by atoms with Gasteiger partial charge in [0.25, 0.3) is 5.91 Å². The highest BCUT2D eigenvalue weighted by atomic mass is 16.5. The molecule has 6 nitrogen and oxygen atoms in total. The van der Waals surface area contributed by atoms with Gasteiger partial charge in [-0.3, -0.25) is 9.59 Å². The second-order valence-electron chi connectivity index (χ2n) is 4.49. The highest BCUT2D eigenvalue weighted by molar-refractivity contribution is 6.05. The topological polar surface area (TPSA) is 80.3 Å². The Morgan fingerprint density at radius 3 is 2.55 bits per heavy atom. The Morgan fingerprint density at radius 2 is 1.91 bits per heavy atom. The number of hydrogen-bond acceptors (Lipinski definition) is 4. The van der Waals surface area contributed by atoms with Crippen molar-refractivity contribution in [1.29, 1.82) is 0 Å². The van der Waals surface area contributed by atoms with E-state index in [1.54, 1.807) is 43.3 Å². The second kappa shape index (κ2) is 7.21. The molecule has 2 rings (SSSR count). The maximum absolute atomic E-state index is 12.2. The lowest BCUT2D eigenvalue weighted by molar-refractivity contribution is -0.115. The van der Waals surface area contributed by atoms with Gasteiger partial charge in [0.2, 0.25) is 5.91 Å². The number of methoxy groups -OCH3 is 1. The van der Waals surface area contributed by atoms with Crippen LogP contribution in [0.1, 0.15) is 23.7 Å². The van der Waals surface area contributed by atoms with Crippen LogP contribution in [0.5, 0.6) is 5.75 Å². The van der Waals surface area contributed by atoms with Crippen LogP contribution in [0.2, 0.25) is 0 Å². The molecule has 2 amide bonds. The van der Waals surface area contributed by atoms with Crippen LogP contribution in [0.15, 0.2) is 42.6 Å². The van der Waals surface area contributed by atoms with E-state index in [2.05, 4.69) is 15.6 Å². The number of rotatable bonds is 5. The Bertz CT molecular complexity index is 669. The molecule has 0 spiro atoms. The summed E-state index contributed by atoms with van der Waals surface area (Å²) >= 11 is 0. The first kappa shape index (κ1) is 15.5. The fourth-order valence-corrected chi connectivity index (χ4v) is 1.81. The van der Waals surface area contributed by atoms with Crippen LogP contribution in [-0.2, 0) is 4.79 Å². The number of anilines is 2. The number of hydrogen-bond donors (Lipinski definition) is 2. The molecule has 22 heavy (non-hydrogen) atoms. The normalized spacial score (nSPS) is 9.91. The van der Waals surface area contributed by atoms with Crippen molar-refractivity contribution < 1.29 is 14.3 Å². The predicted octanol–water partition coefficient (Wildman–Crippen LogP) is 2.69. The molecule has 2 aromatic rings. The summed E-state index contributed by atoms with van der Waals surface area (Å²) in [6.45, 7) is 1.77. The number of para-hydroxylation sites is 1. The van der Waals surface area contributed by atoms with Crippen LogP contribution in [-0.4, -0.2) is 23.9 Å². The lowest BCUT2D eigenvalue weighted by Crippen LogP contribution is -2.14. The number of benzene rings is 1. The molecule has 1 aromatic carbocycles.